The van der Waals surface area contributed by atoms with Crippen molar-refractivity contribution in [3.63, 3.8) is 0 Å². The lowest BCUT2D eigenvalue weighted by Gasteiger charge is -2.08. The zero-order chi connectivity index (χ0) is 21.6. The maximum Gasteiger partial charge on any atom is 0.338 e. The van der Waals surface area contributed by atoms with Gasteiger partial charge in [-0.15, -0.1) is 0 Å². The van der Waals surface area contributed by atoms with Crippen molar-refractivity contribution in [1.29, 1.82) is 0 Å². The zero-order valence-corrected chi connectivity index (χ0v) is 17.9. The fourth-order valence-corrected chi connectivity index (χ4v) is 5.08. The van der Waals surface area contributed by atoms with Crippen LogP contribution in [0.3, 0.4) is 0 Å². The third-order valence-electron chi connectivity index (χ3n) is 4.25. The Hall–Kier alpha value is -2.59. The fourth-order valence-electron chi connectivity index (χ4n) is 2.82. The highest BCUT2D eigenvalue weighted by Crippen LogP contribution is 2.31. The van der Waals surface area contributed by atoms with Gasteiger partial charge in [-0.3, -0.25) is 0 Å². The fraction of sp³-hybridized carbons (Fsp3) is 0.0556. The summed E-state index contributed by atoms with van der Waals surface area (Å²) in [4.78, 5) is 18.1. The number of hydrogen-bond donors (Lipinski definition) is 2. The molecule has 0 saturated heterocycles. The van der Waals surface area contributed by atoms with Crippen molar-refractivity contribution in [2.75, 3.05) is 0 Å². The van der Waals surface area contributed by atoms with Crippen molar-refractivity contribution in [1.82, 2.24) is 19.7 Å². The van der Waals surface area contributed by atoms with E-state index >= 15 is 0 Å². The summed E-state index contributed by atoms with van der Waals surface area (Å²) in [6.45, 7) is 0. The number of fused-ring (bicyclic) bond motifs is 1. The number of carboxylic acids is 1. The summed E-state index contributed by atoms with van der Waals surface area (Å²) >= 11 is 18.1. The van der Waals surface area contributed by atoms with Crippen LogP contribution in [0.25, 0.3) is 17.0 Å². The van der Waals surface area contributed by atoms with Crippen LogP contribution in [0.1, 0.15) is 15.9 Å². The van der Waals surface area contributed by atoms with Gasteiger partial charge in [-0.05, 0) is 29.8 Å². The molecule has 2 aromatic carbocycles. The van der Waals surface area contributed by atoms with Gasteiger partial charge < -0.3 is 10.1 Å². The van der Waals surface area contributed by atoms with Gasteiger partial charge in [-0.2, -0.15) is 5.10 Å². The number of halogens is 3. The second-order valence-electron chi connectivity index (χ2n) is 6.35. The number of imidazole rings is 1. The van der Waals surface area contributed by atoms with E-state index in [1.807, 2.05) is 0 Å². The number of aromatic carboxylic acids is 1. The Morgan fingerprint density at radius 3 is 2.53 bits per heavy atom. The summed E-state index contributed by atoms with van der Waals surface area (Å²) in [6, 6.07) is 7.38. The monoisotopic (exact) mass is 484 g/mol. The average Bonchev–Trinajstić information content (AvgIpc) is 3.30. The average molecular weight is 486 g/mol. The lowest BCUT2D eigenvalue weighted by atomic mass is 10.2. The Morgan fingerprint density at radius 2 is 1.87 bits per heavy atom. The normalized spacial score (nSPS) is 11.8. The van der Waals surface area contributed by atoms with E-state index in [0.29, 0.717) is 21.6 Å². The van der Waals surface area contributed by atoms with Crippen molar-refractivity contribution in [3.05, 3.63) is 68.9 Å². The second-order valence-corrected chi connectivity index (χ2v) is 9.53. The van der Waals surface area contributed by atoms with Crippen molar-refractivity contribution in [2.24, 2.45) is 0 Å². The maximum absolute atomic E-state index is 12.9. The number of sulfone groups is 1. The van der Waals surface area contributed by atoms with Crippen LogP contribution >= 0.6 is 34.8 Å². The Morgan fingerprint density at radius 1 is 1.10 bits per heavy atom. The van der Waals surface area contributed by atoms with Crippen molar-refractivity contribution < 1.29 is 18.3 Å². The summed E-state index contributed by atoms with van der Waals surface area (Å²) in [7, 11) is -3.81. The highest BCUT2D eigenvalue weighted by molar-refractivity contribution is 7.90. The number of nitrogens with one attached hydrogen (secondary N) is 1. The number of hydrogen-bond acceptors (Lipinski definition) is 5. The van der Waals surface area contributed by atoms with E-state index in [0.717, 1.165) is 0 Å². The molecule has 0 radical (unpaired) electrons. The lowest BCUT2D eigenvalue weighted by Crippen LogP contribution is -2.06. The molecule has 0 fully saturated rings. The topological polar surface area (TPSA) is 118 Å². The van der Waals surface area contributed by atoms with Gasteiger partial charge in [0, 0.05) is 6.20 Å². The number of carbonyl (C=O) groups is 1. The number of nitrogens with zero attached hydrogens (tertiary/aromatic N) is 3. The van der Waals surface area contributed by atoms with Crippen molar-refractivity contribution in [3.8, 4) is 5.95 Å². The van der Waals surface area contributed by atoms with Gasteiger partial charge in [0.25, 0.3) is 0 Å². The summed E-state index contributed by atoms with van der Waals surface area (Å²) in [5.41, 5.74) is 1.24. The predicted molar refractivity (Wildman–Crippen MR) is 113 cm³/mol. The Bertz CT molecular complexity index is 1410. The summed E-state index contributed by atoms with van der Waals surface area (Å²) in [5, 5.41) is 13.5. The van der Waals surface area contributed by atoms with Gasteiger partial charge in [-0.1, -0.05) is 40.9 Å². The molecule has 4 rings (SSSR count). The lowest BCUT2D eigenvalue weighted by molar-refractivity contribution is 0.0697. The zero-order valence-electron chi connectivity index (χ0n) is 14.8. The molecule has 0 aliphatic heterocycles. The molecule has 2 heterocycles. The molecular formula is C18H11Cl3N4O4S. The van der Waals surface area contributed by atoms with Gasteiger partial charge in [0.2, 0.25) is 5.95 Å². The van der Waals surface area contributed by atoms with E-state index in [1.165, 1.54) is 41.3 Å². The molecular weight excluding hydrogens is 475 g/mol. The first-order chi connectivity index (χ1) is 14.1. The highest BCUT2D eigenvalue weighted by atomic mass is 35.5. The molecule has 2 aromatic heterocycles. The van der Waals surface area contributed by atoms with Gasteiger partial charge >= 0.3 is 5.97 Å². The first-order valence-electron chi connectivity index (χ1n) is 8.28. The van der Waals surface area contributed by atoms with Crippen LogP contribution in [0.5, 0.6) is 0 Å². The van der Waals surface area contributed by atoms with E-state index in [-0.39, 0.29) is 32.2 Å². The molecule has 12 heteroatoms. The SMILES string of the molecule is O=C(O)c1cnn(-c2nc3cc(Cl)c(S(=O)(=O)Cc4ccc(Cl)c(Cl)c4)cc3[nH]2)c1. The van der Waals surface area contributed by atoms with E-state index in [4.69, 9.17) is 39.9 Å². The van der Waals surface area contributed by atoms with Crippen LogP contribution in [0, 0.1) is 0 Å². The molecule has 4 aromatic rings. The minimum absolute atomic E-state index is 0.00676. The highest BCUT2D eigenvalue weighted by Gasteiger charge is 2.22. The summed E-state index contributed by atoms with van der Waals surface area (Å²) < 4.78 is 27.1. The van der Waals surface area contributed by atoms with Gasteiger partial charge in [-0.25, -0.2) is 22.9 Å². The molecule has 0 aliphatic rings. The van der Waals surface area contributed by atoms with Crippen molar-refractivity contribution in [2.45, 2.75) is 10.6 Å². The summed E-state index contributed by atoms with van der Waals surface area (Å²) in [5.74, 6) is -1.24. The number of rotatable bonds is 5. The molecule has 2 N–H and O–H groups in total. The number of H-pyrrole nitrogens is 1. The standard InChI is InChI=1S/C18H11Cl3N4O4S/c19-11-2-1-9(3-12(11)20)8-30(28,29)16-5-15-14(4-13(16)21)23-18(24-15)25-7-10(6-22-25)17(26)27/h1-7H,8H2,(H,23,24)(H,26,27). The van der Waals surface area contributed by atoms with Crippen LogP contribution < -0.4 is 0 Å². The molecule has 0 saturated carbocycles. The smallest absolute Gasteiger partial charge is 0.338 e. The number of benzene rings is 2. The number of carboxylic acid groups (broad SMARTS) is 1. The maximum atomic E-state index is 12.9. The molecule has 8 nitrogen and oxygen atoms in total. The summed E-state index contributed by atoms with van der Waals surface area (Å²) in [6.07, 6.45) is 2.46. The molecule has 0 aliphatic carbocycles. The molecule has 0 atom stereocenters. The molecule has 0 spiro atoms. The van der Waals surface area contributed by atoms with Crippen LogP contribution in [-0.2, 0) is 15.6 Å². The van der Waals surface area contributed by atoms with Crippen LogP contribution in [0.15, 0.2) is 47.6 Å². The van der Waals surface area contributed by atoms with Gasteiger partial charge in [0.05, 0.1) is 48.5 Å². The quantitative estimate of drug-likeness (QED) is 0.433. The van der Waals surface area contributed by atoms with E-state index in [9.17, 15) is 13.2 Å². The third-order valence-corrected chi connectivity index (χ3v) is 7.13. The minimum atomic E-state index is -3.81. The van der Waals surface area contributed by atoms with Crippen LogP contribution in [0.2, 0.25) is 15.1 Å². The first-order valence-corrected chi connectivity index (χ1v) is 11.1. The molecule has 0 bridgehead atoms. The second kappa shape index (κ2) is 7.59. The van der Waals surface area contributed by atoms with Gasteiger partial charge in [0.1, 0.15) is 0 Å². The predicted octanol–water partition coefficient (Wildman–Crippen LogP) is 4.38. The molecule has 0 unspecified atom stereocenters. The number of aromatic amines is 1. The van der Waals surface area contributed by atoms with E-state index in [2.05, 4.69) is 15.1 Å². The minimum Gasteiger partial charge on any atom is -0.478 e. The molecule has 30 heavy (non-hydrogen) atoms. The van der Waals surface area contributed by atoms with Crippen LogP contribution in [-0.4, -0.2) is 39.2 Å². The molecule has 154 valence electrons. The van der Waals surface area contributed by atoms with E-state index in [1.54, 1.807) is 6.07 Å². The Labute approximate surface area is 184 Å². The number of aromatic nitrogens is 4. The van der Waals surface area contributed by atoms with Crippen molar-refractivity contribution >= 4 is 61.6 Å². The van der Waals surface area contributed by atoms with Gasteiger partial charge in [0.15, 0.2) is 9.84 Å². The first kappa shape index (κ1) is 20.7. The largest absolute Gasteiger partial charge is 0.478 e. The Kier molecular flexibility index (Phi) is 5.23. The van der Waals surface area contributed by atoms with E-state index < -0.39 is 15.8 Å². The van der Waals surface area contributed by atoms with Crippen LogP contribution in [0.4, 0.5) is 0 Å². The third kappa shape index (κ3) is 3.89. The Balaban J connectivity index is 1.72. The molecule has 0 amide bonds.